The van der Waals surface area contributed by atoms with Gasteiger partial charge >= 0.3 is 0 Å². The average Bonchev–Trinajstić information content (AvgIpc) is 2.84. The van der Waals surface area contributed by atoms with Crippen LogP contribution in [0.3, 0.4) is 0 Å². The molecular formula is C25H23FN4O3S2. The molecule has 35 heavy (non-hydrogen) atoms. The van der Waals surface area contributed by atoms with Crippen molar-refractivity contribution in [1.82, 2.24) is 15.3 Å². The summed E-state index contributed by atoms with van der Waals surface area (Å²) in [6.07, 6.45) is 1.02. The number of nitrogens with two attached hydrogens (primary N) is 1. The third-order valence-electron chi connectivity index (χ3n) is 5.22. The van der Waals surface area contributed by atoms with Gasteiger partial charge in [0, 0.05) is 13.0 Å². The van der Waals surface area contributed by atoms with Gasteiger partial charge in [0.25, 0.3) is 0 Å². The smallest absolute Gasteiger partial charge is 0.238 e. The van der Waals surface area contributed by atoms with Crippen molar-refractivity contribution in [1.29, 1.82) is 0 Å². The quantitative estimate of drug-likeness (QED) is 0.333. The summed E-state index contributed by atoms with van der Waals surface area (Å²) in [6.45, 7) is 0.403. The molecule has 0 radical (unpaired) electrons. The summed E-state index contributed by atoms with van der Waals surface area (Å²) in [6, 6.07) is 20.0. The number of nitrogens with zero attached hydrogens (tertiary/aromatic N) is 2. The second-order valence-electron chi connectivity index (χ2n) is 7.84. The molecule has 180 valence electrons. The fourth-order valence-corrected chi connectivity index (χ4v) is 4.76. The maximum atomic E-state index is 13.3. The van der Waals surface area contributed by atoms with Crippen molar-refractivity contribution < 1.29 is 17.6 Å². The number of aromatic nitrogens is 2. The van der Waals surface area contributed by atoms with E-state index in [0.717, 1.165) is 27.9 Å². The minimum Gasteiger partial charge on any atom is -0.355 e. The molecule has 0 spiro atoms. The van der Waals surface area contributed by atoms with E-state index in [4.69, 9.17) is 15.1 Å². The van der Waals surface area contributed by atoms with Gasteiger partial charge in [-0.3, -0.25) is 4.79 Å². The second-order valence-corrected chi connectivity index (χ2v) is 10.4. The standard InChI is InChI=1S/C25H23FN4O3S2/c26-19-9-5-18(6-10-19)15-23-25(30-22-4-2-1-3-21(22)29-23)34-16-24(31)28-14-13-17-7-11-20(12-8-17)35(27,32)33/h1-12H,13-16H2,(H,28,31)(H2,27,32,33). The summed E-state index contributed by atoms with van der Waals surface area (Å²) < 4.78 is 36.0. The number of rotatable bonds is 9. The number of para-hydroxylation sites is 2. The number of carbonyl (C=O) groups is 1. The molecule has 0 aliphatic heterocycles. The first kappa shape index (κ1) is 24.8. The summed E-state index contributed by atoms with van der Waals surface area (Å²) in [5.74, 6) is -0.294. The Labute approximate surface area is 207 Å². The van der Waals surface area contributed by atoms with Crippen molar-refractivity contribution in [2.24, 2.45) is 5.14 Å². The zero-order chi connectivity index (χ0) is 24.8. The lowest BCUT2D eigenvalue weighted by Gasteiger charge is -2.10. The molecule has 0 atom stereocenters. The Bertz CT molecular complexity index is 1440. The summed E-state index contributed by atoms with van der Waals surface area (Å²) in [5, 5.41) is 8.63. The van der Waals surface area contributed by atoms with Crippen LogP contribution >= 0.6 is 11.8 Å². The molecule has 0 saturated carbocycles. The summed E-state index contributed by atoms with van der Waals surface area (Å²) in [5.41, 5.74) is 4.00. The van der Waals surface area contributed by atoms with Crippen molar-refractivity contribution in [3.05, 3.63) is 95.4 Å². The van der Waals surface area contributed by atoms with Gasteiger partial charge in [-0.1, -0.05) is 48.2 Å². The van der Waals surface area contributed by atoms with Gasteiger partial charge in [-0.2, -0.15) is 0 Å². The van der Waals surface area contributed by atoms with Crippen LogP contribution in [0.5, 0.6) is 0 Å². The number of fused-ring (bicyclic) bond motifs is 1. The Morgan fingerprint density at radius 1 is 0.914 bits per heavy atom. The second kappa shape index (κ2) is 10.9. The molecule has 10 heteroatoms. The van der Waals surface area contributed by atoms with Crippen molar-refractivity contribution in [2.75, 3.05) is 12.3 Å². The Kier molecular flexibility index (Phi) is 7.74. The first-order chi connectivity index (χ1) is 16.8. The van der Waals surface area contributed by atoms with E-state index < -0.39 is 10.0 Å². The van der Waals surface area contributed by atoms with E-state index in [2.05, 4.69) is 5.32 Å². The molecule has 0 saturated heterocycles. The van der Waals surface area contributed by atoms with Crippen LogP contribution in [0.25, 0.3) is 11.0 Å². The van der Waals surface area contributed by atoms with Crippen LogP contribution in [0.4, 0.5) is 4.39 Å². The number of hydrogen-bond donors (Lipinski definition) is 2. The SMILES string of the molecule is NS(=O)(=O)c1ccc(CCNC(=O)CSc2nc3ccccc3nc2Cc2ccc(F)cc2)cc1. The Morgan fingerprint density at radius 3 is 2.20 bits per heavy atom. The maximum Gasteiger partial charge on any atom is 0.238 e. The molecule has 0 aliphatic rings. The van der Waals surface area contributed by atoms with Crippen LogP contribution in [0.2, 0.25) is 0 Å². The number of benzene rings is 3. The van der Waals surface area contributed by atoms with Gasteiger partial charge in [-0.15, -0.1) is 0 Å². The number of nitrogens with one attached hydrogen (secondary N) is 1. The predicted molar refractivity (Wildman–Crippen MR) is 134 cm³/mol. The molecule has 3 aromatic carbocycles. The Hall–Kier alpha value is -3.34. The van der Waals surface area contributed by atoms with E-state index in [9.17, 15) is 17.6 Å². The van der Waals surface area contributed by atoms with Gasteiger partial charge in [-0.05, 0) is 53.9 Å². The van der Waals surface area contributed by atoms with E-state index in [1.807, 2.05) is 24.3 Å². The molecule has 4 rings (SSSR count). The fourth-order valence-electron chi connectivity index (χ4n) is 3.42. The summed E-state index contributed by atoms with van der Waals surface area (Å²) >= 11 is 1.30. The first-order valence-electron chi connectivity index (χ1n) is 10.8. The largest absolute Gasteiger partial charge is 0.355 e. The van der Waals surface area contributed by atoms with E-state index in [1.54, 1.807) is 24.3 Å². The number of sulfonamides is 1. The fraction of sp³-hybridized carbons (Fsp3) is 0.160. The Balaban J connectivity index is 1.38. The van der Waals surface area contributed by atoms with Crippen molar-refractivity contribution >= 4 is 38.7 Å². The van der Waals surface area contributed by atoms with Crippen LogP contribution < -0.4 is 10.5 Å². The van der Waals surface area contributed by atoms with E-state index in [1.165, 1.54) is 36.0 Å². The van der Waals surface area contributed by atoms with Crippen molar-refractivity contribution in [3.63, 3.8) is 0 Å². The molecule has 0 fully saturated rings. The highest BCUT2D eigenvalue weighted by Gasteiger charge is 2.13. The summed E-state index contributed by atoms with van der Waals surface area (Å²) in [4.78, 5) is 21.9. The molecule has 0 bridgehead atoms. The maximum absolute atomic E-state index is 13.3. The molecular weight excluding hydrogens is 487 g/mol. The predicted octanol–water partition coefficient (Wildman–Crippen LogP) is 3.46. The average molecular weight is 511 g/mol. The molecule has 1 heterocycles. The highest BCUT2D eigenvalue weighted by Crippen LogP contribution is 2.24. The number of halogens is 1. The lowest BCUT2D eigenvalue weighted by atomic mass is 10.1. The lowest BCUT2D eigenvalue weighted by molar-refractivity contribution is -0.118. The number of hydrogen-bond acceptors (Lipinski definition) is 6. The zero-order valence-electron chi connectivity index (χ0n) is 18.6. The van der Waals surface area contributed by atoms with Gasteiger partial charge in [-0.25, -0.2) is 27.9 Å². The molecule has 1 aromatic heterocycles. The third-order valence-corrected chi connectivity index (χ3v) is 7.15. The number of thioether (sulfide) groups is 1. The van der Waals surface area contributed by atoms with Crippen molar-refractivity contribution in [2.45, 2.75) is 22.8 Å². The van der Waals surface area contributed by atoms with E-state index in [-0.39, 0.29) is 22.4 Å². The van der Waals surface area contributed by atoms with Crippen molar-refractivity contribution in [3.8, 4) is 0 Å². The van der Waals surface area contributed by atoms with Gasteiger partial charge in [0.2, 0.25) is 15.9 Å². The molecule has 3 N–H and O–H groups in total. The minimum atomic E-state index is -3.73. The molecule has 0 aliphatic carbocycles. The number of carbonyl (C=O) groups excluding carboxylic acids is 1. The van der Waals surface area contributed by atoms with Crippen LogP contribution in [0, 0.1) is 5.82 Å². The molecule has 1 amide bonds. The molecule has 0 unspecified atom stereocenters. The zero-order valence-corrected chi connectivity index (χ0v) is 20.3. The number of primary sulfonamides is 1. The van der Waals surface area contributed by atoms with E-state index >= 15 is 0 Å². The highest BCUT2D eigenvalue weighted by atomic mass is 32.2. The lowest BCUT2D eigenvalue weighted by Crippen LogP contribution is -2.27. The molecule has 7 nitrogen and oxygen atoms in total. The van der Waals surface area contributed by atoms with Crippen LogP contribution in [0.15, 0.2) is 82.7 Å². The van der Waals surface area contributed by atoms with Gasteiger partial charge < -0.3 is 5.32 Å². The van der Waals surface area contributed by atoms with Crippen LogP contribution in [0.1, 0.15) is 16.8 Å². The Morgan fingerprint density at radius 2 is 1.54 bits per heavy atom. The van der Waals surface area contributed by atoms with Gasteiger partial charge in [0.1, 0.15) is 10.8 Å². The molecule has 4 aromatic rings. The number of amides is 1. The van der Waals surface area contributed by atoms with Crippen LogP contribution in [-0.2, 0) is 27.7 Å². The first-order valence-corrected chi connectivity index (χ1v) is 13.3. The third kappa shape index (κ3) is 6.84. The van der Waals surface area contributed by atoms with Crippen LogP contribution in [-0.4, -0.2) is 36.6 Å². The normalized spacial score (nSPS) is 11.5. The highest BCUT2D eigenvalue weighted by molar-refractivity contribution is 7.99. The minimum absolute atomic E-state index is 0.0506. The van der Waals surface area contributed by atoms with Gasteiger partial charge in [0.05, 0.1) is 27.4 Å². The summed E-state index contributed by atoms with van der Waals surface area (Å²) in [7, 11) is -3.73. The topological polar surface area (TPSA) is 115 Å². The monoisotopic (exact) mass is 510 g/mol. The van der Waals surface area contributed by atoms with E-state index in [0.29, 0.717) is 24.4 Å². The van der Waals surface area contributed by atoms with Gasteiger partial charge in [0.15, 0.2) is 0 Å².